The third-order valence-corrected chi connectivity index (χ3v) is 8.13. The van der Waals surface area contributed by atoms with Crippen molar-refractivity contribution in [2.45, 2.75) is 31.8 Å². The smallest absolute Gasteiger partial charge is 0.283 e. The van der Waals surface area contributed by atoms with Gasteiger partial charge >= 0.3 is 0 Å². The summed E-state index contributed by atoms with van der Waals surface area (Å²) in [5, 5.41) is 2.69. The minimum Gasteiger partial charge on any atom is -0.496 e. The number of benzene rings is 3. The molecule has 0 spiro atoms. The van der Waals surface area contributed by atoms with E-state index in [2.05, 4.69) is 4.98 Å². The number of carbonyl (C=O) groups is 4. The summed E-state index contributed by atoms with van der Waals surface area (Å²) in [7, 11) is 2.82. The SMILES string of the molecule is COc1ccccc1C(=O)N(C(=O)c1ccccc1OC)N1CC(=O)N2C(Cc3c([nH]c4ccccc34)C2(C)C)C1=O. The molecule has 4 aromatic rings. The van der Waals surface area contributed by atoms with E-state index in [1.165, 1.54) is 26.4 Å². The van der Waals surface area contributed by atoms with Crippen molar-refractivity contribution in [3.63, 3.8) is 0 Å². The van der Waals surface area contributed by atoms with Gasteiger partial charge in [0.05, 0.1) is 30.9 Å². The Bertz CT molecular complexity index is 1700. The third-order valence-electron chi connectivity index (χ3n) is 8.13. The number of rotatable bonds is 5. The number of amides is 4. The monoisotopic (exact) mass is 566 g/mol. The first-order valence-electron chi connectivity index (χ1n) is 13.6. The van der Waals surface area contributed by atoms with E-state index in [1.807, 2.05) is 38.1 Å². The van der Waals surface area contributed by atoms with E-state index in [0.717, 1.165) is 32.2 Å². The molecular formula is C32H30N4O6. The van der Waals surface area contributed by atoms with Crippen molar-refractivity contribution < 1.29 is 28.7 Å². The van der Waals surface area contributed by atoms with E-state index in [0.29, 0.717) is 0 Å². The summed E-state index contributed by atoms with van der Waals surface area (Å²) in [6.07, 6.45) is 0.226. The van der Waals surface area contributed by atoms with Crippen molar-refractivity contribution in [3.8, 4) is 11.5 Å². The molecule has 6 rings (SSSR count). The molecule has 4 amide bonds. The Kier molecular flexibility index (Phi) is 6.48. The van der Waals surface area contributed by atoms with Crippen LogP contribution in [0.2, 0.25) is 0 Å². The van der Waals surface area contributed by atoms with Gasteiger partial charge in [0.25, 0.3) is 17.7 Å². The fourth-order valence-electron chi connectivity index (χ4n) is 6.22. The molecule has 0 bridgehead atoms. The Morgan fingerprint density at radius 3 is 2.00 bits per heavy atom. The molecule has 0 radical (unpaired) electrons. The molecule has 3 aromatic carbocycles. The minimum atomic E-state index is -0.939. The fourth-order valence-corrected chi connectivity index (χ4v) is 6.22. The molecule has 0 aliphatic carbocycles. The first kappa shape index (κ1) is 27.1. The summed E-state index contributed by atoms with van der Waals surface area (Å²) < 4.78 is 10.8. The number of piperazine rings is 1. The quantitative estimate of drug-likeness (QED) is 0.367. The highest BCUT2D eigenvalue weighted by atomic mass is 16.5. The second kappa shape index (κ2) is 10.1. The molecule has 0 saturated carbocycles. The molecular weight excluding hydrogens is 536 g/mol. The average Bonchev–Trinajstić information content (AvgIpc) is 3.39. The van der Waals surface area contributed by atoms with Crippen molar-refractivity contribution >= 4 is 34.5 Å². The van der Waals surface area contributed by atoms with Gasteiger partial charge in [0, 0.05) is 23.0 Å². The molecule has 1 N–H and O–H groups in total. The Morgan fingerprint density at radius 1 is 0.857 bits per heavy atom. The van der Waals surface area contributed by atoms with E-state index in [1.54, 1.807) is 41.3 Å². The lowest BCUT2D eigenvalue weighted by Crippen LogP contribution is -2.70. The lowest BCUT2D eigenvalue weighted by molar-refractivity contribution is -0.173. The molecule has 1 unspecified atom stereocenters. The third kappa shape index (κ3) is 4.01. The maximum Gasteiger partial charge on any atom is 0.283 e. The van der Waals surface area contributed by atoms with Gasteiger partial charge in [0.1, 0.15) is 24.1 Å². The van der Waals surface area contributed by atoms with Crippen LogP contribution in [0.1, 0.15) is 45.8 Å². The molecule has 10 heteroatoms. The van der Waals surface area contributed by atoms with Crippen LogP contribution in [-0.2, 0) is 21.5 Å². The number of H-pyrrole nitrogens is 1. The molecule has 1 aromatic heterocycles. The highest BCUT2D eigenvalue weighted by Gasteiger charge is 2.54. The summed E-state index contributed by atoms with van der Waals surface area (Å²) in [6.45, 7) is 3.29. The molecule has 214 valence electrons. The first-order chi connectivity index (χ1) is 20.2. The zero-order valence-electron chi connectivity index (χ0n) is 23.7. The molecule has 3 heterocycles. The van der Waals surface area contributed by atoms with Gasteiger partial charge in [-0.05, 0) is 49.7 Å². The van der Waals surface area contributed by atoms with Crippen molar-refractivity contribution in [1.82, 2.24) is 19.9 Å². The number of ether oxygens (including phenoxy) is 2. The fraction of sp³-hybridized carbons (Fsp3) is 0.250. The number of imide groups is 1. The van der Waals surface area contributed by atoms with Crippen molar-refractivity contribution in [2.75, 3.05) is 20.8 Å². The van der Waals surface area contributed by atoms with E-state index in [-0.39, 0.29) is 35.0 Å². The summed E-state index contributed by atoms with van der Waals surface area (Å²) in [6, 6.07) is 19.7. The maximum absolute atomic E-state index is 14.4. The predicted octanol–water partition coefficient (Wildman–Crippen LogP) is 3.91. The zero-order chi connectivity index (χ0) is 29.8. The van der Waals surface area contributed by atoms with Crippen LogP contribution in [0.4, 0.5) is 0 Å². The van der Waals surface area contributed by atoms with Crippen LogP contribution in [0.25, 0.3) is 10.9 Å². The summed E-state index contributed by atoms with van der Waals surface area (Å²) in [5.74, 6) is -2.09. The largest absolute Gasteiger partial charge is 0.496 e. The lowest BCUT2D eigenvalue weighted by atomic mass is 9.82. The molecule has 2 aliphatic heterocycles. The van der Waals surface area contributed by atoms with Gasteiger partial charge in [-0.25, -0.2) is 5.01 Å². The Balaban J connectivity index is 1.48. The van der Waals surface area contributed by atoms with Crippen LogP contribution in [0.5, 0.6) is 11.5 Å². The second-order valence-corrected chi connectivity index (χ2v) is 10.8. The molecule has 1 saturated heterocycles. The maximum atomic E-state index is 14.4. The number of nitrogens with zero attached hydrogens (tertiary/aromatic N) is 3. The van der Waals surface area contributed by atoms with Gasteiger partial charge in [0.15, 0.2) is 0 Å². The number of aromatic nitrogens is 1. The highest BCUT2D eigenvalue weighted by Crippen LogP contribution is 2.43. The molecule has 2 aliphatic rings. The number of nitrogens with one attached hydrogen (secondary N) is 1. The van der Waals surface area contributed by atoms with E-state index < -0.39 is 35.8 Å². The topological polar surface area (TPSA) is 112 Å². The lowest BCUT2D eigenvalue weighted by Gasteiger charge is -2.52. The average molecular weight is 567 g/mol. The molecule has 10 nitrogen and oxygen atoms in total. The van der Waals surface area contributed by atoms with Crippen LogP contribution in [-0.4, -0.2) is 70.3 Å². The number of hydrogen-bond donors (Lipinski definition) is 1. The van der Waals surface area contributed by atoms with E-state index >= 15 is 0 Å². The Hall–Kier alpha value is -5.12. The summed E-state index contributed by atoms with van der Waals surface area (Å²) >= 11 is 0. The number of methoxy groups -OCH3 is 2. The standard InChI is InChI=1S/C32H30N4O6/c1-32(2)28-22(19-11-5-8-14-23(19)33-28)17-24-31(40)34(18-27(37)35(24)32)36(29(38)20-12-6-9-15-25(20)41-3)30(39)21-13-7-10-16-26(21)42-4/h5-16,24,33H,17-18H2,1-4H3. The zero-order valence-corrected chi connectivity index (χ0v) is 23.7. The van der Waals surface area contributed by atoms with Crippen LogP contribution < -0.4 is 9.47 Å². The first-order valence-corrected chi connectivity index (χ1v) is 13.6. The van der Waals surface area contributed by atoms with Crippen molar-refractivity contribution in [2.24, 2.45) is 0 Å². The number of fused-ring (bicyclic) bond motifs is 4. The van der Waals surface area contributed by atoms with Crippen LogP contribution in [0, 0.1) is 0 Å². The van der Waals surface area contributed by atoms with Gasteiger partial charge in [-0.3, -0.25) is 19.2 Å². The highest BCUT2D eigenvalue weighted by molar-refractivity contribution is 6.14. The second-order valence-electron chi connectivity index (χ2n) is 10.8. The predicted molar refractivity (Wildman–Crippen MR) is 154 cm³/mol. The number of carbonyl (C=O) groups excluding carboxylic acids is 4. The van der Waals surface area contributed by atoms with E-state index in [9.17, 15) is 19.2 Å². The van der Waals surface area contributed by atoms with Crippen molar-refractivity contribution in [1.29, 1.82) is 0 Å². The van der Waals surface area contributed by atoms with Gasteiger partial charge in [-0.2, -0.15) is 5.01 Å². The van der Waals surface area contributed by atoms with Gasteiger partial charge in [0.2, 0.25) is 5.91 Å². The van der Waals surface area contributed by atoms with Gasteiger partial charge in [-0.15, -0.1) is 0 Å². The van der Waals surface area contributed by atoms with Crippen LogP contribution in [0.3, 0.4) is 0 Å². The number of hydrazine groups is 1. The molecule has 1 atom stereocenters. The summed E-state index contributed by atoms with van der Waals surface area (Å²) in [4.78, 5) is 61.7. The van der Waals surface area contributed by atoms with Crippen LogP contribution >= 0.6 is 0 Å². The minimum absolute atomic E-state index is 0.0637. The molecule has 42 heavy (non-hydrogen) atoms. The molecule has 1 fully saturated rings. The van der Waals surface area contributed by atoms with Crippen LogP contribution in [0.15, 0.2) is 72.8 Å². The number of aromatic amines is 1. The van der Waals surface area contributed by atoms with E-state index in [4.69, 9.17) is 9.47 Å². The van der Waals surface area contributed by atoms with Gasteiger partial charge in [-0.1, -0.05) is 42.5 Å². The van der Waals surface area contributed by atoms with Gasteiger partial charge < -0.3 is 19.4 Å². The summed E-state index contributed by atoms with van der Waals surface area (Å²) in [5.41, 5.74) is 1.98. The number of para-hydroxylation sites is 3. The van der Waals surface area contributed by atoms with Crippen molar-refractivity contribution in [3.05, 3.63) is 95.2 Å². The Labute approximate surface area is 242 Å². The number of hydrogen-bond acceptors (Lipinski definition) is 6. The Morgan fingerprint density at radius 2 is 1.40 bits per heavy atom. The normalized spacial score (nSPS) is 17.5.